The zero-order chi connectivity index (χ0) is 13.8. The zero-order valence-corrected chi connectivity index (χ0v) is 11.7. The third kappa shape index (κ3) is 3.12. The monoisotopic (exact) mass is 278 g/mol. The lowest BCUT2D eigenvalue weighted by Gasteiger charge is -2.04. The Morgan fingerprint density at radius 2 is 2.26 bits per heavy atom. The Hall–Kier alpha value is -1.86. The first-order chi connectivity index (χ1) is 9.11. The first kappa shape index (κ1) is 13.6. The fourth-order valence-electron chi connectivity index (χ4n) is 1.44. The molecule has 0 fully saturated rings. The van der Waals surface area contributed by atoms with E-state index in [0.717, 1.165) is 5.01 Å². The molecule has 0 saturated heterocycles. The Morgan fingerprint density at radius 3 is 2.95 bits per heavy atom. The topological polar surface area (TPSA) is 77.0 Å². The fourth-order valence-corrected chi connectivity index (χ4v) is 2.21. The Bertz CT molecular complexity index is 585. The molecule has 100 valence electrons. The third-order valence-corrected chi connectivity index (χ3v) is 3.61. The van der Waals surface area contributed by atoms with Crippen LogP contribution in [0.3, 0.4) is 0 Å². The Balaban J connectivity index is 2.11. The van der Waals surface area contributed by atoms with E-state index in [1.807, 2.05) is 6.92 Å². The maximum absolute atomic E-state index is 12.0. The number of pyridine rings is 1. The predicted octanol–water partition coefficient (Wildman–Crippen LogP) is 2.20. The number of ether oxygens (including phenoxy) is 1. The van der Waals surface area contributed by atoms with Crippen LogP contribution in [0.1, 0.15) is 34.1 Å². The molecule has 2 aromatic rings. The van der Waals surface area contributed by atoms with Gasteiger partial charge < -0.3 is 4.74 Å². The average Bonchev–Trinajstić information content (AvgIpc) is 2.86. The van der Waals surface area contributed by atoms with Crippen LogP contribution >= 0.6 is 11.3 Å². The zero-order valence-electron chi connectivity index (χ0n) is 10.9. The normalized spacial score (nSPS) is 12.2. The molecule has 2 aromatic heterocycles. The van der Waals surface area contributed by atoms with E-state index in [4.69, 9.17) is 4.74 Å². The number of anilines is 1. The fraction of sp³-hybridized carbons (Fsp3) is 0.333. The van der Waals surface area contributed by atoms with Gasteiger partial charge in [0.1, 0.15) is 11.1 Å². The van der Waals surface area contributed by atoms with Crippen molar-refractivity contribution >= 4 is 22.4 Å². The Morgan fingerprint density at radius 1 is 1.47 bits per heavy atom. The number of aromatic nitrogens is 3. The number of nitrogens with zero attached hydrogens (tertiary/aromatic N) is 3. The lowest BCUT2D eigenvalue weighted by Crippen LogP contribution is -2.13. The van der Waals surface area contributed by atoms with Crippen molar-refractivity contribution in [2.75, 3.05) is 12.4 Å². The number of carbonyl (C=O) groups is 1. The summed E-state index contributed by atoms with van der Waals surface area (Å²) in [6, 6.07) is 3.44. The number of hydrogen-bond donors (Lipinski definition) is 1. The van der Waals surface area contributed by atoms with E-state index in [1.54, 1.807) is 32.4 Å². The van der Waals surface area contributed by atoms with Crippen LogP contribution in [0.25, 0.3) is 0 Å². The van der Waals surface area contributed by atoms with Gasteiger partial charge in [-0.05, 0) is 26.0 Å². The number of hydrogen-bond acceptors (Lipinski definition) is 6. The average molecular weight is 278 g/mol. The van der Waals surface area contributed by atoms with Gasteiger partial charge >= 0.3 is 0 Å². The van der Waals surface area contributed by atoms with Crippen LogP contribution in [0, 0.1) is 6.92 Å². The van der Waals surface area contributed by atoms with Gasteiger partial charge in [0.2, 0.25) is 5.13 Å². The van der Waals surface area contributed by atoms with Crippen LogP contribution in [0.2, 0.25) is 0 Å². The summed E-state index contributed by atoms with van der Waals surface area (Å²) < 4.78 is 5.14. The molecule has 0 aromatic carbocycles. The molecular formula is C12H14N4O2S. The quantitative estimate of drug-likeness (QED) is 0.927. The summed E-state index contributed by atoms with van der Waals surface area (Å²) in [4.78, 5) is 16.1. The number of aryl methyl sites for hydroxylation is 1. The van der Waals surface area contributed by atoms with Crippen molar-refractivity contribution in [2.45, 2.75) is 20.0 Å². The minimum Gasteiger partial charge on any atom is -0.374 e. The standard InChI is InChI=1S/C12H14N4O2S/c1-7-9(5-4-6-13-7)10(17)14-12-16-15-11(19-12)8(2)18-3/h4-6,8H,1-3H3,(H,14,16,17). The SMILES string of the molecule is COC(C)c1nnc(NC(=O)c2cccnc2C)s1. The molecule has 1 amide bonds. The number of carbonyl (C=O) groups excluding carboxylic acids is 1. The summed E-state index contributed by atoms with van der Waals surface area (Å²) >= 11 is 1.29. The van der Waals surface area contributed by atoms with Gasteiger partial charge in [-0.1, -0.05) is 11.3 Å². The molecule has 1 N–H and O–H groups in total. The number of amides is 1. The molecule has 0 aliphatic rings. The molecule has 0 radical (unpaired) electrons. The Labute approximate surface area is 114 Å². The summed E-state index contributed by atoms with van der Waals surface area (Å²) in [6.07, 6.45) is 1.51. The molecule has 2 heterocycles. The van der Waals surface area contributed by atoms with Crippen LogP contribution in [0.15, 0.2) is 18.3 Å². The molecule has 2 rings (SSSR count). The van der Waals surface area contributed by atoms with Gasteiger partial charge in [-0.3, -0.25) is 15.1 Å². The largest absolute Gasteiger partial charge is 0.374 e. The minimum atomic E-state index is -0.238. The number of nitrogens with one attached hydrogen (secondary N) is 1. The highest BCUT2D eigenvalue weighted by Crippen LogP contribution is 2.23. The molecule has 0 spiro atoms. The van der Waals surface area contributed by atoms with Crippen molar-refractivity contribution < 1.29 is 9.53 Å². The highest BCUT2D eigenvalue weighted by Gasteiger charge is 2.15. The lowest BCUT2D eigenvalue weighted by molar-refractivity contribution is 0.102. The summed E-state index contributed by atoms with van der Waals surface area (Å²) in [7, 11) is 1.60. The summed E-state index contributed by atoms with van der Waals surface area (Å²) in [5, 5.41) is 11.8. The molecule has 1 unspecified atom stereocenters. The summed E-state index contributed by atoms with van der Waals surface area (Å²) in [5.41, 5.74) is 1.20. The van der Waals surface area contributed by atoms with Crippen molar-refractivity contribution in [3.8, 4) is 0 Å². The third-order valence-electron chi connectivity index (χ3n) is 2.61. The van der Waals surface area contributed by atoms with E-state index >= 15 is 0 Å². The van der Waals surface area contributed by atoms with E-state index < -0.39 is 0 Å². The van der Waals surface area contributed by atoms with E-state index in [-0.39, 0.29) is 12.0 Å². The molecule has 1 atom stereocenters. The van der Waals surface area contributed by atoms with E-state index in [9.17, 15) is 4.79 Å². The van der Waals surface area contributed by atoms with Gasteiger partial charge in [0, 0.05) is 19.0 Å². The van der Waals surface area contributed by atoms with Gasteiger partial charge in [0.25, 0.3) is 5.91 Å². The molecular weight excluding hydrogens is 264 g/mol. The van der Waals surface area contributed by atoms with Crippen LogP contribution in [0.4, 0.5) is 5.13 Å². The highest BCUT2D eigenvalue weighted by atomic mass is 32.1. The van der Waals surface area contributed by atoms with Crippen molar-refractivity contribution in [3.63, 3.8) is 0 Å². The molecule has 0 saturated carbocycles. The molecule has 6 nitrogen and oxygen atoms in total. The van der Waals surface area contributed by atoms with Crippen molar-refractivity contribution in [2.24, 2.45) is 0 Å². The summed E-state index contributed by atoms with van der Waals surface area (Å²) in [5.74, 6) is -0.238. The highest BCUT2D eigenvalue weighted by molar-refractivity contribution is 7.15. The van der Waals surface area contributed by atoms with E-state index in [2.05, 4.69) is 20.5 Å². The smallest absolute Gasteiger partial charge is 0.259 e. The van der Waals surface area contributed by atoms with Crippen LogP contribution in [-0.4, -0.2) is 28.2 Å². The van der Waals surface area contributed by atoms with E-state index in [0.29, 0.717) is 16.4 Å². The second kappa shape index (κ2) is 5.85. The van der Waals surface area contributed by atoms with Gasteiger partial charge in [-0.15, -0.1) is 10.2 Å². The molecule has 0 aliphatic heterocycles. The number of rotatable bonds is 4. The van der Waals surface area contributed by atoms with Gasteiger partial charge in [-0.2, -0.15) is 0 Å². The first-order valence-electron chi connectivity index (χ1n) is 5.71. The molecule has 19 heavy (non-hydrogen) atoms. The molecule has 0 aliphatic carbocycles. The van der Waals surface area contributed by atoms with Crippen LogP contribution < -0.4 is 5.32 Å². The molecule has 0 bridgehead atoms. The van der Waals surface area contributed by atoms with Crippen molar-refractivity contribution in [3.05, 3.63) is 34.6 Å². The maximum atomic E-state index is 12.0. The van der Waals surface area contributed by atoms with E-state index in [1.165, 1.54) is 11.3 Å². The predicted molar refractivity (Wildman–Crippen MR) is 72.3 cm³/mol. The summed E-state index contributed by atoms with van der Waals surface area (Å²) in [6.45, 7) is 3.66. The lowest BCUT2D eigenvalue weighted by atomic mass is 10.2. The van der Waals surface area contributed by atoms with Gasteiger partial charge in [0.15, 0.2) is 0 Å². The Kier molecular flexibility index (Phi) is 4.18. The van der Waals surface area contributed by atoms with Crippen molar-refractivity contribution in [1.29, 1.82) is 0 Å². The van der Waals surface area contributed by atoms with Crippen molar-refractivity contribution in [1.82, 2.24) is 15.2 Å². The number of methoxy groups -OCH3 is 1. The van der Waals surface area contributed by atoms with Gasteiger partial charge in [-0.25, -0.2) is 0 Å². The second-order valence-electron chi connectivity index (χ2n) is 3.91. The first-order valence-corrected chi connectivity index (χ1v) is 6.52. The second-order valence-corrected chi connectivity index (χ2v) is 4.92. The molecule has 7 heteroatoms. The van der Waals surface area contributed by atoms with Crippen LogP contribution in [-0.2, 0) is 4.74 Å². The van der Waals surface area contributed by atoms with Gasteiger partial charge in [0.05, 0.1) is 5.56 Å². The van der Waals surface area contributed by atoms with Crippen LogP contribution in [0.5, 0.6) is 0 Å². The maximum Gasteiger partial charge on any atom is 0.259 e. The minimum absolute atomic E-state index is 0.136.